The van der Waals surface area contributed by atoms with Gasteiger partial charge in [0.1, 0.15) is 6.17 Å². The first kappa shape index (κ1) is 20.0. The highest BCUT2D eigenvalue weighted by atomic mass is 16.5. The van der Waals surface area contributed by atoms with E-state index in [4.69, 9.17) is 18.9 Å². The van der Waals surface area contributed by atoms with Gasteiger partial charge in [-0.2, -0.15) is 0 Å². The number of nitrogens with zero attached hydrogens (tertiary/aromatic N) is 2. The maximum absolute atomic E-state index is 13.2. The number of carbonyl (C=O) groups is 1. The largest absolute Gasteiger partial charge is 0.493 e. The molecule has 0 spiro atoms. The minimum absolute atomic E-state index is 0.0105. The third-order valence-corrected chi connectivity index (χ3v) is 6.89. The van der Waals surface area contributed by atoms with Crippen LogP contribution in [0.3, 0.4) is 0 Å². The third kappa shape index (κ3) is 3.02. The standard InChI is InChI=1S/C24H28N2O5/c1-28-19-9-14-5-7-25-18(16(14)11-21(19)30-3)13-23(27)26-8-6-15-10-20(29-2)22(31-4)12-17(15)24(25)26/h9-12,18,24H,5-8,13H2,1-4H3. The summed E-state index contributed by atoms with van der Waals surface area (Å²) in [6, 6.07) is 8.23. The van der Waals surface area contributed by atoms with Crippen molar-refractivity contribution in [3.63, 3.8) is 0 Å². The minimum atomic E-state index is -0.101. The number of carbonyl (C=O) groups excluding carboxylic acids is 1. The summed E-state index contributed by atoms with van der Waals surface area (Å²) >= 11 is 0. The molecule has 31 heavy (non-hydrogen) atoms. The Hall–Kier alpha value is -2.93. The fourth-order valence-corrected chi connectivity index (χ4v) is 5.39. The average Bonchev–Trinajstić information content (AvgIpc) is 2.81. The van der Waals surface area contributed by atoms with Crippen LogP contribution in [0.5, 0.6) is 23.0 Å². The molecule has 0 bridgehead atoms. The molecule has 0 N–H and O–H groups in total. The number of fused-ring (bicyclic) bond motifs is 7. The van der Waals surface area contributed by atoms with Crippen molar-refractivity contribution in [2.24, 2.45) is 0 Å². The van der Waals surface area contributed by atoms with E-state index in [2.05, 4.69) is 17.0 Å². The molecule has 1 saturated heterocycles. The number of rotatable bonds is 4. The molecule has 0 aliphatic carbocycles. The number of benzene rings is 2. The maximum atomic E-state index is 13.2. The van der Waals surface area contributed by atoms with Crippen molar-refractivity contribution in [3.8, 4) is 23.0 Å². The van der Waals surface area contributed by atoms with Gasteiger partial charge in [0.25, 0.3) is 0 Å². The number of ether oxygens (including phenoxy) is 4. The highest BCUT2D eigenvalue weighted by Gasteiger charge is 2.46. The summed E-state index contributed by atoms with van der Waals surface area (Å²) in [4.78, 5) is 17.7. The van der Waals surface area contributed by atoms with Crippen LogP contribution < -0.4 is 18.9 Å². The van der Waals surface area contributed by atoms with Crippen LogP contribution in [0.4, 0.5) is 0 Å². The van der Waals surface area contributed by atoms with E-state index in [0.29, 0.717) is 24.5 Å². The van der Waals surface area contributed by atoms with Gasteiger partial charge < -0.3 is 23.8 Å². The van der Waals surface area contributed by atoms with Gasteiger partial charge in [-0.15, -0.1) is 0 Å². The molecule has 2 aromatic rings. The molecule has 2 atom stereocenters. The Morgan fingerprint density at radius 1 is 0.742 bits per heavy atom. The lowest BCUT2D eigenvalue weighted by Gasteiger charge is -2.52. The molecule has 7 nitrogen and oxygen atoms in total. The third-order valence-electron chi connectivity index (χ3n) is 6.89. The molecule has 0 aromatic heterocycles. The van der Waals surface area contributed by atoms with Gasteiger partial charge in [-0.1, -0.05) is 0 Å². The highest BCUT2D eigenvalue weighted by Crippen LogP contribution is 2.49. The second-order valence-electron chi connectivity index (χ2n) is 8.23. The van der Waals surface area contributed by atoms with Crippen molar-refractivity contribution in [1.29, 1.82) is 0 Å². The smallest absolute Gasteiger partial charge is 0.226 e. The van der Waals surface area contributed by atoms with E-state index in [1.807, 2.05) is 17.0 Å². The first-order chi connectivity index (χ1) is 15.1. The van der Waals surface area contributed by atoms with Crippen LogP contribution in [-0.4, -0.2) is 57.2 Å². The zero-order valence-electron chi connectivity index (χ0n) is 18.4. The molecular weight excluding hydrogens is 396 g/mol. The highest BCUT2D eigenvalue weighted by molar-refractivity contribution is 5.79. The number of methoxy groups -OCH3 is 4. The van der Waals surface area contributed by atoms with Crippen molar-refractivity contribution >= 4 is 5.91 Å². The van der Waals surface area contributed by atoms with Crippen molar-refractivity contribution in [1.82, 2.24) is 9.80 Å². The van der Waals surface area contributed by atoms with Gasteiger partial charge in [0.2, 0.25) is 5.91 Å². The molecule has 3 aliphatic rings. The molecule has 164 valence electrons. The van der Waals surface area contributed by atoms with Crippen molar-refractivity contribution in [2.45, 2.75) is 31.5 Å². The fraction of sp³-hybridized carbons (Fsp3) is 0.458. The van der Waals surface area contributed by atoms with E-state index in [0.717, 1.165) is 42.0 Å². The van der Waals surface area contributed by atoms with E-state index in [1.165, 1.54) is 11.1 Å². The Balaban J connectivity index is 1.61. The van der Waals surface area contributed by atoms with E-state index in [9.17, 15) is 4.79 Å². The van der Waals surface area contributed by atoms with Crippen LogP contribution in [0.15, 0.2) is 24.3 Å². The first-order valence-corrected chi connectivity index (χ1v) is 10.6. The normalized spacial score (nSPS) is 22.1. The molecular formula is C24H28N2O5. The van der Waals surface area contributed by atoms with Gasteiger partial charge in [-0.3, -0.25) is 9.69 Å². The summed E-state index contributed by atoms with van der Waals surface area (Å²) in [6.45, 7) is 1.59. The van der Waals surface area contributed by atoms with Gasteiger partial charge in [-0.05, 0) is 59.4 Å². The van der Waals surface area contributed by atoms with Gasteiger partial charge in [0.05, 0.1) is 28.4 Å². The van der Waals surface area contributed by atoms with Gasteiger partial charge in [0, 0.05) is 25.6 Å². The Kier molecular flexibility index (Phi) is 4.93. The Morgan fingerprint density at radius 2 is 1.26 bits per heavy atom. The summed E-state index contributed by atoms with van der Waals surface area (Å²) in [5.41, 5.74) is 4.73. The van der Waals surface area contributed by atoms with Crippen LogP contribution >= 0.6 is 0 Å². The molecule has 3 heterocycles. The number of hydrogen-bond acceptors (Lipinski definition) is 6. The molecule has 1 fully saturated rings. The molecule has 3 aliphatic heterocycles. The second kappa shape index (κ2) is 7.64. The van der Waals surface area contributed by atoms with E-state index < -0.39 is 0 Å². The Bertz CT molecular complexity index is 1040. The SMILES string of the molecule is COc1cc2c(cc1OC)C1CC(=O)N3CCc4cc(OC)c(OC)cc4C3N1CC2. The van der Waals surface area contributed by atoms with E-state index in [1.54, 1.807) is 28.4 Å². The summed E-state index contributed by atoms with van der Waals surface area (Å²) in [7, 11) is 6.61. The van der Waals surface area contributed by atoms with Gasteiger partial charge in [-0.25, -0.2) is 0 Å². The summed E-state index contributed by atoms with van der Waals surface area (Å²) in [6.07, 6.45) is 2.09. The monoisotopic (exact) mass is 424 g/mol. The molecule has 1 amide bonds. The summed E-state index contributed by atoms with van der Waals surface area (Å²) in [5.74, 6) is 3.05. The molecule has 5 rings (SSSR count). The lowest BCUT2D eigenvalue weighted by atomic mass is 9.84. The van der Waals surface area contributed by atoms with Crippen molar-refractivity contribution in [2.75, 3.05) is 41.5 Å². The van der Waals surface area contributed by atoms with Gasteiger partial charge in [0.15, 0.2) is 23.0 Å². The van der Waals surface area contributed by atoms with Crippen LogP contribution in [0.25, 0.3) is 0 Å². The van der Waals surface area contributed by atoms with Crippen LogP contribution in [-0.2, 0) is 17.6 Å². The van der Waals surface area contributed by atoms with Crippen LogP contribution in [0.1, 0.15) is 40.9 Å². The minimum Gasteiger partial charge on any atom is -0.493 e. The molecule has 0 radical (unpaired) electrons. The molecule has 2 unspecified atom stereocenters. The molecule has 2 aromatic carbocycles. The zero-order valence-corrected chi connectivity index (χ0v) is 18.4. The van der Waals surface area contributed by atoms with Crippen molar-refractivity contribution in [3.05, 3.63) is 46.5 Å². The molecule has 0 saturated carbocycles. The maximum Gasteiger partial charge on any atom is 0.226 e. The second-order valence-corrected chi connectivity index (χ2v) is 8.23. The quantitative estimate of drug-likeness (QED) is 0.752. The topological polar surface area (TPSA) is 60.5 Å². The average molecular weight is 424 g/mol. The Labute approximate surface area is 182 Å². The first-order valence-electron chi connectivity index (χ1n) is 10.6. The van der Waals surface area contributed by atoms with Gasteiger partial charge >= 0.3 is 0 Å². The zero-order chi connectivity index (χ0) is 21.7. The predicted molar refractivity (Wildman–Crippen MR) is 115 cm³/mol. The summed E-state index contributed by atoms with van der Waals surface area (Å²) in [5, 5.41) is 0. The van der Waals surface area contributed by atoms with Crippen LogP contribution in [0.2, 0.25) is 0 Å². The molecule has 7 heteroatoms. The van der Waals surface area contributed by atoms with E-state index in [-0.39, 0.29) is 18.1 Å². The predicted octanol–water partition coefficient (Wildman–Crippen LogP) is 3.11. The number of hydrogen-bond donors (Lipinski definition) is 0. The lowest BCUT2D eigenvalue weighted by Crippen LogP contribution is -2.56. The van der Waals surface area contributed by atoms with Crippen LogP contribution in [0, 0.1) is 0 Å². The number of amides is 1. The summed E-state index contributed by atoms with van der Waals surface area (Å²) < 4.78 is 22.2. The fourth-order valence-electron chi connectivity index (χ4n) is 5.39. The van der Waals surface area contributed by atoms with Crippen molar-refractivity contribution < 1.29 is 23.7 Å². The van der Waals surface area contributed by atoms with E-state index >= 15 is 0 Å². The Morgan fingerprint density at radius 3 is 1.87 bits per heavy atom. The lowest BCUT2D eigenvalue weighted by molar-refractivity contribution is -0.151.